The molecule has 1 unspecified atom stereocenters. The number of amides is 3. The summed E-state index contributed by atoms with van der Waals surface area (Å²) in [6.07, 6.45) is 0.00869. The van der Waals surface area contributed by atoms with Gasteiger partial charge in [-0.2, -0.15) is 0 Å². The van der Waals surface area contributed by atoms with E-state index in [1.165, 1.54) is 24.0 Å². The van der Waals surface area contributed by atoms with Crippen LogP contribution in [-0.4, -0.2) is 44.1 Å². The van der Waals surface area contributed by atoms with Crippen molar-refractivity contribution in [3.8, 4) is 0 Å². The van der Waals surface area contributed by atoms with Crippen LogP contribution >= 0.6 is 0 Å². The number of fused-ring (bicyclic) bond motifs is 1. The van der Waals surface area contributed by atoms with Gasteiger partial charge < -0.3 is 10.2 Å². The molecular weight excluding hydrogens is 466 g/mol. The van der Waals surface area contributed by atoms with Crippen LogP contribution in [0.25, 0.3) is 10.8 Å². The maximum absolute atomic E-state index is 13.2. The number of rotatable bonds is 9. The van der Waals surface area contributed by atoms with E-state index in [0.29, 0.717) is 24.3 Å². The fourth-order valence-electron chi connectivity index (χ4n) is 3.81. The van der Waals surface area contributed by atoms with E-state index in [0.717, 1.165) is 10.8 Å². The summed E-state index contributed by atoms with van der Waals surface area (Å²) in [5.41, 5.74) is 1.24. The van der Waals surface area contributed by atoms with Crippen LogP contribution in [0.3, 0.4) is 0 Å². The minimum absolute atomic E-state index is 0.00869. The van der Waals surface area contributed by atoms with Gasteiger partial charge in [0.05, 0.1) is 4.90 Å². The molecule has 2 N–H and O–H groups in total. The van der Waals surface area contributed by atoms with Gasteiger partial charge >= 0.3 is 0 Å². The number of sulfonamides is 1. The fourth-order valence-corrected chi connectivity index (χ4v) is 4.86. The zero-order valence-electron chi connectivity index (χ0n) is 19.9. The van der Waals surface area contributed by atoms with Crippen LogP contribution < -0.4 is 10.0 Å². The number of hydrogen-bond acceptors (Lipinski definition) is 5. The molecule has 0 fully saturated rings. The second-order valence-corrected chi connectivity index (χ2v) is 9.81. The lowest BCUT2D eigenvalue weighted by Crippen LogP contribution is -2.46. The van der Waals surface area contributed by atoms with Crippen LogP contribution in [0.2, 0.25) is 0 Å². The van der Waals surface area contributed by atoms with Gasteiger partial charge in [-0.15, -0.1) is 0 Å². The molecule has 3 aromatic carbocycles. The van der Waals surface area contributed by atoms with Gasteiger partial charge in [0.15, 0.2) is 0 Å². The summed E-state index contributed by atoms with van der Waals surface area (Å²) >= 11 is 0. The van der Waals surface area contributed by atoms with Crippen molar-refractivity contribution in [3.05, 3.63) is 72.3 Å². The van der Waals surface area contributed by atoms with Crippen molar-refractivity contribution in [1.82, 2.24) is 9.62 Å². The number of nitrogens with one attached hydrogen (secondary N) is 2. The molecular formula is C26H29N3O5S. The maximum atomic E-state index is 13.2. The lowest BCUT2D eigenvalue weighted by atomic mass is 9.97. The molecule has 1 atom stereocenters. The van der Waals surface area contributed by atoms with Crippen molar-refractivity contribution in [2.45, 2.75) is 32.1 Å². The predicted molar refractivity (Wildman–Crippen MR) is 135 cm³/mol. The lowest BCUT2D eigenvalue weighted by Gasteiger charge is -2.24. The Labute approximate surface area is 205 Å². The molecule has 3 aromatic rings. The Kier molecular flexibility index (Phi) is 8.24. The minimum Gasteiger partial charge on any atom is -0.343 e. The van der Waals surface area contributed by atoms with Gasteiger partial charge in [-0.3, -0.25) is 14.4 Å². The molecule has 0 aliphatic heterocycles. The second kappa shape index (κ2) is 11.1. The molecule has 0 aliphatic carbocycles. The van der Waals surface area contributed by atoms with Gasteiger partial charge in [0, 0.05) is 25.7 Å². The van der Waals surface area contributed by atoms with E-state index in [-0.39, 0.29) is 17.2 Å². The van der Waals surface area contributed by atoms with E-state index in [4.69, 9.17) is 0 Å². The first kappa shape index (κ1) is 25.9. The Morgan fingerprint density at radius 2 is 1.51 bits per heavy atom. The third kappa shape index (κ3) is 6.45. The molecule has 0 heterocycles. The molecule has 0 aromatic heterocycles. The van der Waals surface area contributed by atoms with Crippen molar-refractivity contribution < 1.29 is 22.8 Å². The number of nitrogens with zero attached hydrogens (tertiary/aromatic N) is 1. The summed E-state index contributed by atoms with van der Waals surface area (Å²) in [6, 6.07) is 18.6. The number of benzene rings is 3. The van der Waals surface area contributed by atoms with Crippen molar-refractivity contribution in [2.75, 3.05) is 18.4 Å². The first-order chi connectivity index (χ1) is 16.6. The highest BCUT2D eigenvalue weighted by Crippen LogP contribution is 2.20. The van der Waals surface area contributed by atoms with Gasteiger partial charge in [-0.25, -0.2) is 13.1 Å². The molecule has 0 saturated carbocycles. The van der Waals surface area contributed by atoms with E-state index in [1.54, 1.807) is 56.3 Å². The van der Waals surface area contributed by atoms with Crippen molar-refractivity contribution in [2.24, 2.45) is 5.92 Å². The zero-order chi connectivity index (χ0) is 25.6. The SMILES string of the molecule is CCN(CC)C(=O)C(Cc1ccc(NC(C)=O)cc1)C(=O)NS(=O)(=O)c1ccc2ccccc2c1. The number of carbonyl (C=O) groups excluding carboxylic acids is 3. The smallest absolute Gasteiger partial charge is 0.264 e. The first-order valence-electron chi connectivity index (χ1n) is 11.4. The average molecular weight is 496 g/mol. The van der Waals surface area contributed by atoms with Gasteiger partial charge in [-0.1, -0.05) is 42.5 Å². The second-order valence-electron chi connectivity index (χ2n) is 8.12. The molecule has 0 spiro atoms. The van der Waals surface area contributed by atoms with Crippen LogP contribution in [0.15, 0.2) is 71.6 Å². The third-order valence-corrected chi connectivity index (χ3v) is 7.01. The quantitative estimate of drug-likeness (QED) is 0.442. The molecule has 0 aliphatic rings. The highest BCUT2D eigenvalue weighted by Gasteiger charge is 2.33. The molecule has 3 amide bonds. The molecule has 3 rings (SSSR count). The van der Waals surface area contributed by atoms with Crippen LogP contribution in [0.5, 0.6) is 0 Å². The van der Waals surface area contributed by atoms with E-state index in [2.05, 4.69) is 10.0 Å². The monoisotopic (exact) mass is 495 g/mol. The fraction of sp³-hybridized carbons (Fsp3) is 0.269. The highest BCUT2D eigenvalue weighted by molar-refractivity contribution is 7.90. The molecule has 0 saturated heterocycles. The van der Waals surface area contributed by atoms with Gasteiger partial charge in [0.25, 0.3) is 10.0 Å². The summed E-state index contributed by atoms with van der Waals surface area (Å²) in [5.74, 6) is -2.80. The van der Waals surface area contributed by atoms with E-state index < -0.39 is 27.8 Å². The normalized spacial score (nSPS) is 12.1. The molecule has 0 radical (unpaired) electrons. The summed E-state index contributed by atoms with van der Waals surface area (Å²) < 4.78 is 28.2. The molecule has 184 valence electrons. The molecule has 35 heavy (non-hydrogen) atoms. The Hall–Kier alpha value is -3.72. The Balaban J connectivity index is 1.87. The Morgan fingerprint density at radius 1 is 0.886 bits per heavy atom. The number of hydrogen-bond donors (Lipinski definition) is 2. The average Bonchev–Trinajstić information content (AvgIpc) is 2.83. The van der Waals surface area contributed by atoms with Gasteiger partial charge in [0.2, 0.25) is 17.7 Å². The topological polar surface area (TPSA) is 113 Å². The zero-order valence-corrected chi connectivity index (χ0v) is 20.8. The molecule has 8 nitrogen and oxygen atoms in total. The summed E-state index contributed by atoms with van der Waals surface area (Å²) in [4.78, 5) is 39.1. The number of carbonyl (C=O) groups is 3. The van der Waals surface area contributed by atoms with Gasteiger partial charge in [-0.05, 0) is 60.9 Å². The molecule has 9 heteroatoms. The van der Waals surface area contributed by atoms with Crippen LogP contribution in [0.1, 0.15) is 26.3 Å². The van der Waals surface area contributed by atoms with Crippen LogP contribution in [0, 0.1) is 5.92 Å². The predicted octanol–water partition coefficient (Wildman–Crippen LogP) is 3.33. The largest absolute Gasteiger partial charge is 0.343 e. The minimum atomic E-state index is -4.20. The van der Waals surface area contributed by atoms with Crippen LogP contribution in [-0.2, 0) is 30.8 Å². The van der Waals surface area contributed by atoms with Gasteiger partial charge in [0.1, 0.15) is 5.92 Å². The standard InChI is InChI=1S/C26H29N3O5S/c1-4-29(5-2)26(32)24(16-19-10-13-22(14-11-19)27-18(3)30)25(31)28-35(33,34)23-15-12-20-8-6-7-9-21(20)17-23/h6-15,17,24H,4-5,16H2,1-3H3,(H,27,30)(H,28,31). The van der Waals surface area contributed by atoms with Crippen LogP contribution in [0.4, 0.5) is 5.69 Å². The first-order valence-corrected chi connectivity index (χ1v) is 12.8. The third-order valence-electron chi connectivity index (χ3n) is 5.67. The van der Waals surface area contributed by atoms with Crippen molar-refractivity contribution in [1.29, 1.82) is 0 Å². The van der Waals surface area contributed by atoms with Crippen molar-refractivity contribution in [3.63, 3.8) is 0 Å². The Morgan fingerprint density at radius 3 is 2.11 bits per heavy atom. The Bertz CT molecular complexity index is 1330. The van der Waals surface area contributed by atoms with E-state index in [1.807, 2.05) is 12.1 Å². The lowest BCUT2D eigenvalue weighted by molar-refractivity contribution is -0.141. The molecule has 0 bridgehead atoms. The summed E-state index contributed by atoms with van der Waals surface area (Å²) in [6.45, 7) is 5.76. The van der Waals surface area contributed by atoms with Crippen molar-refractivity contribution >= 4 is 44.2 Å². The summed E-state index contributed by atoms with van der Waals surface area (Å²) in [7, 11) is -4.20. The number of anilines is 1. The van der Waals surface area contributed by atoms with E-state index in [9.17, 15) is 22.8 Å². The maximum Gasteiger partial charge on any atom is 0.264 e. The summed E-state index contributed by atoms with van der Waals surface area (Å²) in [5, 5.41) is 4.25. The van der Waals surface area contributed by atoms with E-state index >= 15 is 0 Å². The highest BCUT2D eigenvalue weighted by atomic mass is 32.2.